The van der Waals surface area contributed by atoms with Gasteiger partial charge in [-0.1, -0.05) is 24.3 Å². The van der Waals surface area contributed by atoms with Gasteiger partial charge in [0.25, 0.3) is 0 Å². The van der Waals surface area contributed by atoms with Crippen molar-refractivity contribution in [2.75, 3.05) is 6.26 Å². The van der Waals surface area contributed by atoms with Gasteiger partial charge >= 0.3 is 5.63 Å². The summed E-state index contributed by atoms with van der Waals surface area (Å²) in [6.45, 7) is 1.66. The highest BCUT2D eigenvalue weighted by Crippen LogP contribution is 2.31. The predicted octanol–water partition coefficient (Wildman–Crippen LogP) is 3.82. The minimum atomic E-state index is -3.31. The largest absolute Gasteiger partial charge is 0.428 e. The van der Waals surface area contributed by atoms with Crippen molar-refractivity contribution in [3.63, 3.8) is 0 Å². The maximum Gasteiger partial charge on any atom is 0.344 e. The van der Waals surface area contributed by atoms with Crippen molar-refractivity contribution in [1.29, 1.82) is 0 Å². The second-order valence-corrected chi connectivity index (χ2v) is 7.75. The summed E-state index contributed by atoms with van der Waals surface area (Å²) < 4.78 is 41.6. The lowest BCUT2D eigenvalue weighted by molar-refractivity contribution is 0.483. The van der Waals surface area contributed by atoms with E-state index in [-0.39, 0.29) is 4.90 Å². The molecule has 0 saturated carbocycles. The highest BCUT2D eigenvalue weighted by molar-refractivity contribution is 7.90. The first-order valence-corrected chi connectivity index (χ1v) is 9.36. The average Bonchev–Trinajstić information content (AvgIpc) is 2.55. The van der Waals surface area contributed by atoms with Crippen molar-refractivity contribution in [3.05, 3.63) is 76.6 Å². The Morgan fingerprint density at radius 1 is 0.920 bits per heavy atom. The Hall–Kier alpha value is -2.73. The Kier molecular flexibility index (Phi) is 4.30. The lowest BCUT2D eigenvalue weighted by atomic mass is 9.96. The topological polar surface area (TPSA) is 64.3 Å². The molecule has 4 nitrogen and oxygen atoms in total. The van der Waals surface area contributed by atoms with Gasteiger partial charge in [-0.15, -0.1) is 0 Å². The van der Waals surface area contributed by atoms with Crippen LogP contribution >= 0.6 is 0 Å². The Labute approximate surface area is 144 Å². The summed E-state index contributed by atoms with van der Waals surface area (Å²) in [5, 5.41) is 0. The second kappa shape index (κ2) is 6.29. The fourth-order valence-electron chi connectivity index (χ4n) is 2.61. The monoisotopic (exact) mass is 358 g/mol. The molecule has 0 aliphatic rings. The van der Waals surface area contributed by atoms with Crippen LogP contribution in [0.5, 0.6) is 0 Å². The number of hydrogen-bond acceptors (Lipinski definition) is 4. The van der Waals surface area contributed by atoms with Gasteiger partial charge in [0.2, 0.25) is 0 Å². The van der Waals surface area contributed by atoms with Gasteiger partial charge < -0.3 is 4.42 Å². The van der Waals surface area contributed by atoms with Crippen LogP contribution in [0, 0.1) is 12.7 Å². The van der Waals surface area contributed by atoms with Gasteiger partial charge in [0.1, 0.15) is 11.6 Å². The molecule has 0 atom stereocenters. The van der Waals surface area contributed by atoms with E-state index in [1.807, 2.05) is 0 Å². The molecule has 0 aliphatic carbocycles. The van der Waals surface area contributed by atoms with E-state index < -0.39 is 21.3 Å². The normalized spacial score (nSPS) is 11.5. The van der Waals surface area contributed by atoms with Crippen LogP contribution in [0.4, 0.5) is 4.39 Å². The maximum absolute atomic E-state index is 13.2. The highest BCUT2D eigenvalue weighted by atomic mass is 32.2. The number of rotatable bonds is 3. The molecule has 0 spiro atoms. The third kappa shape index (κ3) is 3.53. The Morgan fingerprint density at radius 3 is 2.04 bits per heavy atom. The number of halogens is 1. The third-order valence-electron chi connectivity index (χ3n) is 3.80. The molecule has 25 heavy (non-hydrogen) atoms. The molecule has 3 rings (SSSR count). The summed E-state index contributed by atoms with van der Waals surface area (Å²) in [6.07, 6.45) is 1.13. The molecule has 1 aromatic heterocycles. The van der Waals surface area contributed by atoms with Crippen molar-refractivity contribution >= 4 is 9.84 Å². The zero-order valence-corrected chi connectivity index (χ0v) is 14.4. The van der Waals surface area contributed by atoms with E-state index in [9.17, 15) is 17.6 Å². The summed E-state index contributed by atoms with van der Waals surface area (Å²) in [5.41, 5.74) is 1.56. The Balaban J connectivity index is 2.22. The molecule has 128 valence electrons. The third-order valence-corrected chi connectivity index (χ3v) is 4.93. The minimum Gasteiger partial charge on any atom is -0.428 e. The van der Waals surface area contributed by atoms with Gasteiger partial charge in [0, 0.05) is 11.8 Å². The van der Waals surface area contributed by atoms with Crippen molar-refractivity contribution < 1.29 is 17.2 Å². The molecule has 6 heteroatoms. The van der Waals surface area contributed by atoms with Crippen molar-refractivity contribution in [1.82, 2.24) is 0 Å². The number of hydrogen-bond donors (Lipinski definition) is 0. The standard InChI is InChI=1S/C19H15FO4S/c1-12-11-17(13-5-9-16(10-6-13)25(2,22)23)18(19(21)24-12)14-3-7-15(20)8-4-14/h3-11H,1-2H3. The van der Waals surface area contributed by atoms with Crippen LogP contribution in [-0.4, -0.2) is 14.7 Å². The smallest absolute Gasteiger partial charge is 0.344 e. The van der Waals surface area contributed by atoms with Crippen molar-refractivity contribution in [2.45, 2.75) is 11.8 Å². The molecule has 0 bridgehead atoms. The summed E-state index contributed by atoms with van der Waals surface area (Å²) in [6, 6.07) is 13.5. The van der Waals surface area contributed by atoms with Crippen LogP contribution in [0.15, 0.2) is 68.7 Å². The fourth-order valence-corrected chi connectivity index (χ4v) is 3.24. The lowest BCUT2D eigenvalue weighted by Crippen LogP contribution is -2.06. The first-order chi connectivity index (χ1) is 11.8. The Bertz CT molecular complexity index is 1080. The molecular weight excluding hydrogens is 343 g/mol. The van der Waals surface area contributed by atoms with E-state index in [2.05, 4.69) is 0 Å². The highest BCUT2D eigenvalue weighted by Gasteiger charge is 2.15. The molecule has 1 heterocycles. The molecule has 0 amide bonds. The number of benzene rings is 2. The summed E-state index contributed by atoms with van der Waals surface area (Å²) >= 11 is 0. The van der Waals surface area contributed by atoms with Crippen LogP contribution in [0.2, 0.25) is 0 Å². The zero-order valence-electron chi connectivity index (χ0n) is 13.6. The molecule has 0 radical (unpaired) electrons. The SMILES string of the molecule is Cc1cc(-c2ccc(S(C)(=O)=O)cc2)c(-c2ccc(F)cc2)c(=O)o1. The summed E-state index contributed by atoms with van der Waals surface area (Å²) in [4.78, 5) is 12.6. The fraction of sp³-hybridized carbons (Fsp3) is 0.105. The van der Waals surface area contributed by atoms with Crippen LogP contribution in [-0.2, 0) is 9.84 Å². The van der Waals surface area contributed by atoms with Crippen LogP contribution in [0.3, 0.4) is 0 Å². The van der Waals surface area contributed by atoms with E-state index in [0.29, 0.717) is 28.0 Å². The first-order valence-electron chi connectivity index (χ1n) is 7.47. The predicted molar refractivity (Wildman–Crippen MR) is 93.7 cm³/mol. The molecular formula is C19H15FO4S. The number of aryl methyl sites for hydroxylation is 1. The minimum absolute atomic E-state index is 0.194. The quantitative estimate of drug-likeness (QED) is 0.714. The summed E-state index contributed by atoms with van der Waals surface area (Å²) in [7, 11) is -3.31. The molecule has 0 fully saturated rings. The van der Waals surface area contributed by atoms with Gasteiger partial charge in [0.15, 0.2) is 9.84 Å². The van der Waals surface area contributed by atoms with E-state index in [0.717, 1.165) is 6.26 Å². The molecule has 0 saturated heterocycles. The van der Waals surface area contributed by atoms with Crippen molar-refractivity contribution in [2.24, 2.45) is 0 Å². The van der Waals surface area contributed by atoms with Gasteiger partial charge in [-0.2, -0.15) is 0 Å². The molecule has 0 unspecified atom stereocenters. The van der Waals surface area contributed by atoms with E-state index in [1.165, 1.54) is 36.4 Å². The van der Waals surface area contributed by atoms with Gasteiger partial charge in [-0.05, 0) is 48.4 Å². The molecule has 0 N–H and O–H groups in total. The molecule has 0 aliphatic heterocycles. The summed E-state index contributed by atoms with van der Waals surface area (Å²) in [5.74, 6) is 0.0253. The van der Waals surface area contributed by atoms with E-state index in [4.69, 9.17) is 4.42 Å². The van der Waals surface area contributed by atoms with Gasteiger partial charge in [0.05, 0.1) is 10.5 Å². The van der Waals surface area contributed by atoms with Gasteiger partial charge in [-0.3, -0.25) is 0 Å². The molecule has 2 aromatic carbocycles. The van der Waals surface area contributed by atoms with Crippen LogP contribution in [0.1, 0.15) is 5.76 Å². The van der Waals surface area contributed by atoms with Gasteiger partial charge in [-0.25, -0.2) is 17.6 Å². The van der Waals surface area contributed by atoms with E-state index in [1.54, 1.807) is 25.1 Å². The number of sulfone groups is 1. The zero-order chi connectivity index (χ0) is 18.2. The molecule has 3 aromatic rings. The lowest BCUT2D eigenvalue weighted by Gasteiger charge is -2.10. The second-order valence-electron chi connectivity index (χ2n) is 5.74. The maximum atomic E-state index is 13.2. The van der Waals surface area contributed by atoms with Crippen LogP contribution < -0.4 is 5.63 Å². The van der Waals surface area contributed by atoms with E-state index >= 15 is 0 Å². The average molecular weight is 358 g/mol. The van der Waals surface area contributed by atoms with Crippen molar-refractivity contribution in [3.8, 4) is 22.3 Å². The van der Waals surface area contributed by atoms with Crippen LogP contribution in [0.25, 0.3) is 22.3 Å². The first kappa shape index (κ1) is 17.1. The Morgan fingerprint density at radius 2 is 1.48 bits per heavy atom.